The number of benzene rings is 3. The second-order valence-corrected chi connectivity index (χ2v) is 4.69. The molecule has 0 radical (unpaired) electrons. The lowest BCUT2D eigenvalue weighted by Gasteiger charge is -2.07. The molecule has 3 nitrogen and oxygen atoms in total. The van der Waals surface area contributed by atoms with Crippen molar-refractivity contribution in [2.24, 2.45) is 0 Å². The molecule has 0 fully saturated rings. The molecular weight excluding hydrogens is 240 g/mol. The van der Waals surface area contributed by atoms with Crippen LogP contribution in [0.5, 0.6) is 5.75 Å². The molecule has 3 aromatic rings. The van der Waals surface area contributed by atoms with Gasteiger partial charge < -0.3 is 10.2 Å². The molecule has 0 spiro atoms. The van der Waals surface area contributed by atoms with Gasteiger partial charge in [-0.2, -0.15) is 0 Å². The molecule has 2 N–H and O–H groups in total. The van der Waals surface area contributed by atoms with E-state index in [9.17, 15) is 9.90 Å². The van der Waals surface area contributed by atoms with Gasteiger partial charge in [-0.05, 0) is 40.6 Å². The van der Waals surface area contributed by atoms with Crippen molar-refractivity contribution in [2.75, 3.05) is 0 Å². The van der Waals surface area contributed by atoms with Crippen molar-refractivity contribution < 1.29 is 15.0 Å². The fraction of sp³-hybridized carbons (Fsp3) is 0.0625. The molecule has 0 saturated heterocycles. The Labute approximate surface area is 109 Å². The monoisotopic (exact) mass is 252 g/mol. The van der Waals surface area contributed by atoms with Crippen LogP contribution >= 0.6 is 0 Å². The van der Waals surface area contributed by atoms with Gasteiger partial charge in [-0.1, -0.05) is 35.9 Å². The number of aromatic carboxylic acids is 1. The number of aryl methyl sites for hydroxylation is 1. The van der Waals surface area contributed by atoms with E-state index in [1.54, 1.807) is 0 Å². The van der Waals surface area contributed by atoms with Gasteiger partial charge in [0.1, 0.15) is 11.3 Å². The van der Waals surface area contributed by atoms with Gasteiger partial charge in [-0.25, -0.2) is 4.79 Å². The zero-order valence-corrected chi connectivity index (χ0v) is 10.3. The standard InChI is InChI=1S/C16H12O3/c1-9-2-3-10-4-5-11-7-14(16(18)19)15(17)8-13(11)12(10)6-9/h2-8,17H,1H3,(H,18,19). The second-order valence-electron chi connectivity index (χ2n) is 4.69. The molecule has 0 aliphatic heterocycles. The van der Waals surface area contributed by atoms with Gasteiger partial charge >= 0.3 is 5.97 Å². The third kappa shape index (κ3) is 1.80. The molecular formula is C16H12O3. The maximum atomic E-state index is 11.0. The van der Waals surface area contributed by atoms with E-state index in [-0.39, 0.29) is 11.3 Å². The van der Waals surface area contributed by atoms with E-state index in [0.717, 1.165) is 27.1 Å². The Morgan fingerprint density at radius 1 is 0.947 bits per heavy atom. The number of rotatable bonds is 1. The number of phenols is 1. The van der Waals surface area contributed by atoms with Crippen molar-refractivity contribution in [2.45, 2.75) is 6.92 Å². The number of hydrogen-bond donors (Lipinski definition) is 2. The third-order valence-electron chi connectivity index (χ3n) is 3.34. The molecule has 3 aromatic carbocycles. The lowest BCUT2D eigenvalue weighted by molar-refractivity contribution is 0.0694. The SMILES string of the molecule is Cc1ccc2ccc3cc(C(=O)O)c(O)cc3c2c1. The minimum atomic E-state index is -1.12. The van der Waals surface area contributed by atoms with Crippen molar-refractivity contribution in [1.29, 1.82) is 0 Å². The van der Waals surface area contributed by atoms with E-state index in [4.69, 9.17) is 5.11 Å². The molecule has 0 saturated carbocycles. The molecule has 3 heteroatoms. The number of aromatic hydroxyl groups is 1. The second kappa shape index (κ2) is 3.99. The van der Waals surface area contributed by atoms with Crippen LogP contribution in [-0.4, -0.2) is 16.2 Å². The third-order valence-corrected chi connectivity index (χ3v) is 3.34. The molecule has 0 unspecified atom stereocenters. The van der Waals surface area contributed by atoms with Gasteiger partial charge in [0.2, 0.25) is 0 Å². The quantitative estimate of drug-likeness (QED) is 0.649. The summed E-state index contributed by atoms with van der Waals surface area (Å²) >= 11 is 0. The van der Waals surface area contributed by atoms with E-state index >= 15 is 0 Å². The highest BCUT2D eigenvalue weighted by Gasteiger charge is 2.12. The van der Waals surface area contributed by atoms with Crippen LogP contribution in [0.15, 0.2) is 42.5 Å². The van der Waals surface area contributed by atoms with Crippen LogP contribution in [0.2, 0.25) is 0 Å². The normalized spacial score (nSPS) is 11.0. The number of carboxylic acids is 1. The number of fused-ring (bicyclic) bond motifs is 3. The molecule has 0 aliphatic rings. The van der Waals surface area contributed by atoms with E-state index < -0.39 is 5.97 Å². The van der Waals surface area contributed by atoms with Crippen LogP contribution in [0.25, 0.3) is 21.5 Å². The first-order valence-corrected chi connectivity index (χ1v) is 5.95. The molecule has 3 rings (SSSR count). The smallest absolute Gasteiger partial charge is 0.339 e. The Morgan fingerprint density at radius 3 is 2.32 bits per heavy atom. The number of carbonyl (C=O) groups is 1. The van der Waals surface area contributed by atoms with Gasteiger partial charge in [-0.3, -0.25) is 0 Å². The summed E-state index contributed by atoms with van der Waals surface area (Å²) in [5, 5.41) is 22.6. The maximum absolute atomic E-state index is 11.0. The lowest BCUT2D eigenvalue weighted by Crippen LogP contribution is -1.96. The fourth-order valence-electron chi connectivity index (χ4n) is 2.38. The summed E-state index contributed by atoms with van der Waals surface area (Å²) in [4.78, 5) is 11.0. The first kappa shape index (κ1) is 11.5. The molecule has 0 amide bonds. The molecule has 0 heterocycles. The highest BCUT2D eigenvalue weighted by Crippen LogP contribution is 2.31. The van der Waals surface area contributed by atoms with Crippen LogP contribution in [0.1, 0.15) is 15.9 Å². The van der Waals surface area contributed by atoms with E-state index in [0.29, 0.717) is 0 Å². The minimum absolute atomic E-state index is 0.0699. The fourth-order valence-corrected chi connectivity index (χ4v) is 2.38. The minimum Gasteiger partial charge on any atom is -0.507 e. The Kier molecular flexibility index (Phi) is 2.42. The molecule has 94 valence electrons. The van der Waals surface area contributed by atoms with E-state index in [2.05, 4.69) is 0 Å². The molecule has 0 aliphatic carbocycles. The van der Waals surface area contributed by atoms with Gasteiger partial charge in [0.25, 0.3) is 0 Å². The molecule has 0 aromatic heterocycles. The topological polar surface area (TPSA) is 57.5 Å². The Balaban J connectivity index is 2.46. The molecule has 0 atom stereocenters. The number of hydrogen-bond acceptors (Lipinski definition) is 2. The van der Waals surface area contributed by atoms with Crippen molar-refractivity contribution >= 4 is 27.5 Å². The summed E-state index contributed by atoms with van der Waals surface area (Å²) in [5.41, 5.74) is 1.06. The average Bonchev–Trinajstić information content (AvgIpc) is 2.37. The highest BCUT2D eigenvalue weighted by atomic mass is 16.4. The van der Waals surface area contributed by atoms with Crippen LogP contribution in [-0.2, 0) is 0 Å². The maximum Gasteiger partial charge on any atom is 0.339 e. The van der Waals surface area contributed by atoms with Crippen LogP contribution < -0.4 is 0 Å². The van der Waals surface area contributed by atoms with Crippen LogP contribution in [0.4, 0.5) is 0 Å². The summed E-state index contributed by atoms with van der Waals surface area (Å²) in [5.74, 6) is -1.32. The predicted molar refractivity (Wildman–Crippen MR) is 74.8 cm³/mol. The zero-order valence-electron chi connectivity index (χ0n) is 10.3. The van der Waals surface area contributed by atoms with Crippen molar-refractivity contribution in [1.82, 2.24) is 0 Å². The summed E-state index contributed by atoms with van der Waals surface area (Å²) in [6.07, 6.45) is 0. The van der Waals surface area contributed by atoms with E-state index in [1.807, 2.05) is 37.3 Å². The van der Waals surface area contributed by atoms with Gasteiger partial charge in [0.05, 0.1) is 0 Å². The Morgan fingerprint density at radius 2 is 1.58 bits per heavy atom. The summed E-state index contributed by atoms with van der Waals surface area (Å²) in [6, 6.07) is 13.0. The highest BCUT2D eigenvalue weighted by molar-refractivity contribution is 6.10. The Bertz CT molecular complexity index is 819. The number of carboxylic acid groups (broad SMARTS) is 1. The van der Waals surface area contributed by atoms with Gasteiger partial charge in [0, 0.05) is 0 Å². The molecule has 0 bridgehead atoms. The summed E-state index contributed by atoms with van der Waals surface area (Å²) in [6.45, 7) is 2.00. The largest absolute Gasteiger partial charge is 0.507 e. The van der Waals surface area contributed by atoms with Crippen molar-refractivity contribution in [3.05, 3.63) is 53.6 Å². The summed E-state index contributed by atoms with van der Waals surface area (Å²) in [7, 11) is 0. The first-order chi connectivity index (χ1) is 9.06. The Hall–Kier alpha value is -2.55. The molecule has 19 heavy (non-hydrogen) atoms. The van der Waals surface area contributed by atoms with Crippen molar-refractivity contribution in [3.8, 4) is 5.75 Å². The lowest BCUT2D eigenvalue weighted by atomic mass is 9.98. The first-order valence-electron chi connectivity index (χ1n) is 5.95. The van der Waals surface area contributed by atoms with Gasteiger partial charge in [-0.15, -0.1) is 0 Å². The van der Waals surface area contributed by atoms with Crippen LogP contribution in [0, 0.1) is 6.92 Å². The van der Waals surface area contributed by atoms with Gasteiger partial charge in [0.15, 0.2) is 0 Å². The predicted octanol–water partition coefficient (Wildman–Crippen LogP) is 3.71. The van der Waals surface area contributed by atoms with Crippen LogP contribution in [0.3, 0.4) is 0 Å². The zero-order chi connectivity index (χ0) is 13.6. The average molecular weight is 252 g/mol. The van der Waals surface area contributed by atoms with E-state index in [1.165, 1.54) is 12.1 Å². The van der Waals surface area contributed by atoms with Crippen molar-refractivity contribution in [3.63, 3.8) is 0 Å². The summed E-state index contributed by atoms with van der Waals surface area (Å²) < 4.78 is 0.